The molecule has 1 amide bonds. The second-order valence-electron chi connectivity index (χ2n) is 6.40. The van der Waals surface area contributed by atoms with Crippen LogP contribution in [0.25, 0.3) is 0 Å². The Morgan fingerprint density at radius 1 is 1.48 bits per heavy atom. The number of carbonyl (C=O) groups excluding carboxylic acids is 1. The highest BCUT2D eigenvalue weighted by Crippen LogP contribution is 2.32. The van der Waals surface area contributed by atoms with Crippen molar-refractivity contribution in [3.8, 4) is 5.75 Å². The Hall–Kier alpha value is -2.35. The van der Waals surface area contributed by atoms with Gasteiger partial charge in [0.25, 0.3) is 0 Å². The summed E-state index contributed by atoms with van der Waals surface area (Å²) in [5.74, 6) is -0.397. The number of rotatable bonds is 2. The van der Waals surface area contributed by atoms with E-state index in [0.717, 1.165) is 0 Å². The molecular formula is C15H21N3O5. The van der Waals surface area contributed by atoms with Crippen molar-refractivity contribution in [2.45, 2.75) is 32.4 Å². The maximum absolute atomic E-state index is 12.4. The number of hydrogen-bond donors (Lipinski definition) is 2. The minimum absolute atomic E-state index is 0.378. The Labute approximate surface area is 134 Å². The molecule has 126 valence electrons. The van der Waals surface area contributed by atoms with Gasteiger partial charge in [-0.2, -0.15) is 0 Å². The predicted molar refractivity (Wildman–Crippen MR) is 83.3 cm³/mol. The molecule has 8 nitrogen and oxygen atoms in total. The molecular weight excluding hydrogens is 302 g/mol. The van der Waals surface area contributed by atoms with E-state index >= 15 is 0 Å². The lowest BCUT2D eigenvalue weighted by Gasteiger charge is -2.37. The number of nitro groups is 1. The first-order valence-corrected chi connectivity index (χ1v) is 7.36. The monoisotopic (exact) mass is 323 g/mol. The zero-order valence-corrected chi connectivity index (χ0v) is 13.4. The van der Waals surface area contributed by atoms with Gasteiger partial charge in [0.1, 0.15) is 5.60 Å². The molecule has 1 unspecified atom stereocenters. The van der Waals surface area contributed by atoms with E-state index in [0.29, 0.717) is 25.2 Å². The van der Waals surface area contributed by atoms with Gasteiger partial charge in [-0.3, -0.25) is 15.0 Å². The third kappa shape index (κ3) is 4.10. The number of phenols is 1. The minimum Gasteiger partial charge on any atom is -0.502 e. The van der Waals surface area contributed by atoms with E-state index in [2.05, 4.69) is 5.32 Å². The van der Waals surface area contributed by atoms with E-state index in [4.69, 9.17) is 4.74 Å². The fourth-order valence-electron chi connectivity index (χ4n) is 2.44. The fourth-order valence-corrected chi connectivity index (χ4v) is 2.44. The average molecular weight is 323 g/mol. The summed E-state index contributed by atoms with van der Waals surface area (Å²) in [6.07, 6.45) is -0.459. The Morgan fingerprint density at radius 3 is 2.78 bits per heavy atom. The Bertz CT molecular complexity index is 612. The summed E-state index contributed by atoms with van der Waals surface area (Å²) in [5, 5.41) is 23.7. The highest BCUT2D eigenvalue weighted by atomic mass is 16.6. The van der Waals surface area contributed by atoms with Gasteiger partial charge in [-0.1, -0.05) is 6.07 Å². The van der Waals surface area contributed by atoms with Gasteiger partial charge in [-0.25, -0.2) is 4.79 Å². The smallest absolute Gasteiger partial charge is 0.410 e. The summed E-state index contributed by atoms with van der Waals surface area (Å²) in [6, 6.07) is 3.76. The molecule has 1 saturated heterocycles. The van der Waals surface area contributed by atoms with E-state index in [-0.39, 0.29) is 5.69 Å². The van der Waals surface area contributed by atoms with E-state index in [1.54, 1.807) is 31.7 Å². The van der Waals surface area contributed by atoms with Crippen molar-refractivity contribution in [2.24, 2.45) is 0 Å². The van der Waals surface area contributed by atoms with Gasteiger partial charge in [0.15, 0.2) is 5.75 Å². The van der Waals surface area contributed by atoms with Crippen molar-refractivity contribution >= 4 is 11.8 Å². The maximum Gasteiger partial charge on any atom is 0.410 e. The summed E-state index contributed by atoms with van der Waals surface area (Å²) in [4.78, 5) is 24.3. The molecule has 0 bridgehead atoms. The van der Waals surface area contributed by atoms with Gasteiger partial charge in [0.2, 0.25) is 0 Å². The summed E-state index contributed by atoms with van der Waals surface area (Å²) < 4.78 is 5.41. The summed E-state index contributed by atoms with van der Waals surface area (Å²) in [6.45, 7) is 6.87. The molecule has 1 aromatic rings. The molecule has 2 rings (SSSR count). The van der Waals surface area contributed by atoms with Crippen LogP contribution < -0.4 is 5.32 Å². The third-order valence-corrected chi connectivity index (χ3v) is 3.45. The first-order valence-electron chi connectivity index (χ1n) is 7.36. The predicted octanol–water partition coefficient (Wildman–Crippen LogP) is 2.18. The van der Waals surface area contributed by atoms with Crippen LogP contribution in [0, 0.1) is 10.1 Å². The van der Waals surface area contributed by atoms with Gasteiger partial charge >= 0.3 is 11.8 Å². The number of amides is 1. The van der Waals surface area contributed by atoms with Gasteiger partial charge in [0, 0.05) is 25.7 Å². The van der Waals surface area contributed by atoms with Crippen molar-refractivity contribution in [3.05, 3.63) is 33.9 Å². The number of piperazine rings is 1. The summed E-state index contributed by atoms with van der Waals surface area (Å²) in [7, 11) is 0. The van der Waals surface area contributed by atoms with Crippen molar-refractivity contribution < 1.29 is 19.6 Å². The lowest BCUT2D eigenvalue weighted by Crippen LogP contribution is -2.50. The van der Waals surface area contributed by atoms with Crippen LogP contribution >= 0.6 is 0 Å². The molecule has 0 spiro atoms. The van der Waals surface area contributed by atoms with Crippen molar-refractivity contribution in [1.82, 2.24) is 10.2 Å². The SMILES string of the molecule is CC(C)(C)OC(=O)N1CCNCC1c1ccc(O)c([N+](=O)[O-])c1. The Balaban J connectivity index is 2.30. The molecule has 8 heteroatoms. The number of aromatic hydroxyl groups is 1. The standard InChI is InChI=1S/C15H21N3O5/c1-15(2,3)23-14(20)17-7-6-16-9-12(17)10-4-5-13(19)11(8-10)18(21)22/h4-5,8,12,16,19H,6-7,9H2,1-3H3. The zero-order valence-electron chi connectivity index (χ0n) is 13.4. The van der Waals surface area contributed by atoms with Gasteiger partial charge in [-0.15, -0.1) is 0 Å². The second kappa shape index (κ2) is 6.41. The number of nitrogens with zero attached hydrogens (tertiary/aromatic N) is 2. The molecule has 23 heavy (non-hydrogen) atoms. The van der Waals surface area contributed by atoms with Crippen LogP contribution in [0.3, 0.4) is 0 Å². The Kier molecular flexibility index (Phi) is 4.74. The fraction of sp³-hybridized carbons (Fsp3) is 0.533. The number of nitrogens with one attached hydrogen (secondary N) is 1. The first-order chi connectivity index (χ1) is 10.7. The van der Waals surface area contributed by atoms with Crippen molar-refractivity contribution in [3.63, 3.8) is 0 Å². The highest BCUT2D eigenvalue weighted by Gasteiger charge is 2.32. The molecule has 1 heterocycles. The van der Waals surface area contributed by atoms with E-state index in [1.807, 2.05) is 0 Å². The number of hydrogen-bond acceptors (Lipinski definition) is 6. The van der Waals surface area contributed by atoms with Gasteiger partial charge in [-0.05, 0) is 32.4 Å². The molecule has 0 aromatic heterocycles. The zero-order chi connectivity index (χ0) is 17.2. The molecule has 1 aliphatic rings. The molecule has 1 aromatic carbocycles. The highest BCUT2D eigenvalue weighted by molar-refractivity contribution is 5.69. The maximum atomic E-state index is 12.4. The van der Waals surface area contributed by atoms with Crippen LogP contribution in [-0.4, -0.2) is 46.3 Å². The number of nitro benzene ring substituents is 1. The first kappa shape index (κ1) is 17.0. The Morgan fingerprint density at radius 2 is 2.17 bits per heavy atom. The lowest BCUT2D eigenvalue weighted by atomic mass is 10.0. The van der Waals surface area contributed by atoms with E-state index in [1.165, 1.54) is 12.1 Å². The van der Waals surface area contributed by atoms with Crippen LogP contribution in [0.5, 0.6) is 5.75 Å². The third-order valence-electron chi connectivity index (χ3n) is 3.45. The molecule has 1 fully saturated rings. The summed E-state index contributed by atoms with van der Waals surface area (Å²) in [5.41, 5.74) is -0.419. The average Bonchev–Trinajstić information content (AvgIpc) is 2.45. The molecule has 1 atom stereocenters. The van der Waals surface area contributed by atoms with Gasteiger partial charge < -0.3 is 15.2 Å². The van der Waals surface area contributed by atoms with Crippen LogP contribution in [0.4, 0.5) is 10.5 Å². The van der Waals surface area contributed by atoms with E-state index in [9.17, 15) is 20.0 Å². The number of carbonyl (C=O) groups is 1. The number of phenolic OH excluding ortho intramolecular Hbond substituents is 1. The molecule has 0 saturated carbocycles. The molecule has 0 radical (unpaired) electrons. The van der Waals surface area contributed by atoms with Gasteiger partial charge in [0.05, 0.1) is 11.0 Å². The van der Waals surface area contributed by atoms with E-state index < -0.39 is 28.4 Å². The lowest BCUT2D eigenvalue weighted by molar-refractivity contribution is -0.386. The molecule has 2 N–H and O–H groups in total. The molecule has 1 aliphatic heterocycles. The van der Waals surface area contributed by atoms with Crippen LogP contribution in [-0.2, 0) is 4.74 Å². The van der Waals surface area contributed by atoms with Crippen LogP contribution in [0.15, 0.2) is 18.2 Å². The quantitative estimate of drug-likeness (QED) is 0.638. The number of benzene rings is 1. The second-order valence-corrected chi connectivity index (χ2v) is 6.40. The molecule has 0 aliphatic carbocycles. The number of ether oxygens (including phenoxy) is 1. The minimum atomic E-state index is -0.646. The van der Waals surface area contributed by atoms with Crippen molar-refractivity contribution in [2.75, 3.05) is 19.6 Å². The van der Waals surface area contributed by atoms with Crippen LogP contribution in [0.1, 0.15) is 32.4 Å². The normalized spacial score (nSPS) is 18.6. The van der Waals surface area contributed by atoms with Crippen molar-refractivity contribution in [1.29, 1.82) is 0 Å². The topological polar surface area (TPSA) is 105 Å². The largest absolute Gasteiger partial charge is 0.502 e. The van der Waals surface area contributed by atoms with Crippen LogP contribution in [0.2, 0.25) is 0 Å². The summed E-state index contributed by atoms with van der Waals surface area (Å²) >= 11 is 0.